The largest absolute Gasteiger partial charge is 0.326 e. The molecule has 102 valence electrons. The number of carbonyl (C=O) groups is 2. The quantitative estimate of drug-likeness (QED) is 0.858. The number of hydrogen-bond acceptors (Lipinski definition) is 3. The highest BCUT2D eigenvalue weighted by Crippen LogP contribution is 2.31. The Kier molecular flexibility index (Phi) is 4.82. The molecule has 0 saturated carbocycles. The molecule has 0 aliphatic rings. The first-order chi connectivity index (χ1) is 9.58. The van der Waals surface area contributed by atoms with Crippen LogP contribution >= 0.6 is 23.4 Å². The van der Waals surface area contributed by atoms with Crippen LogP contribution in [0.25, 0.3) is 0 Å². The van der Waals surface area contributed by atoms with E-state index >= 15 is 0 Å². The highest BCUT2D eigenvalue weighted by atomic mass is 35.5. The van der Waals surface area contributed by atoms with Crippen LogP contribution in [0, 0.1) is 0 Å². The van der Waals surface area contributed by atoms with Crippen molar-refractivity contribution in [3.05, 3.63) is 53.1 Å². The molecule has 1 N–H and O–H groups in total. The Morgan fingerprint density at radius 3 is 2.35 bits per heavy atom. The molecule has 0 saturated heterocycles. The van der Waals surface area contributed by atoms with Gasteiger partial charge >= 0.3 is 0 Å². The second-order valence-electron chi connectivity index (χ2n) is 4.11. The Labute approximate surface area is 126 Å². The maximum Gasteiger partial charge on any atom is 0.221 e. The monoisotopic (exact) mass is 305 g/mol. The highest BCUT2D eigenvalue weighted by molar-refractivity contribution is 7.99. The van der Waals surface area contributed by atoms with Crippen molar-refractivity contribution in [2.24, 2.45) is 0 Å². The van der Waals surface area contributed by atoms with Gasteiger partial charge in [-0.2, -0.15) is 0 Å². The number of nitrogens with one attached hydrogen (secondary N) is 1. The van der Waals surface area contributed by atoms with Crippen LogP contribution in [-0.4, -0.2) is 12.2 Å². The molecule has 0 aromatic heterocycles. The van der Waals surface area contributed by atoms with Gasteiger partial charge in [-0.05, 0) is 42.5 Å². The van der Waals surface area contributed by atoms with Gasteiger partial charge in [0.1, 0.15) is 0 Å². The van der Waals surface area contributed by atoms with Crippen molar-refractivity contribution >= 4 is 41.2 Å². The molecule has 0 aliphatic carbocycles. The number of benzene rings is 2. The predicted octanol–water partition coefficient (Wildman–Crippen LogP) is 4.26. The molecule has 20 heavy (non-hydrogen) atoms. The minimum Gasteiger partial charge on any atom is -0.326 e. The van der Waals surface area contributed by atoms with E-state index in [0.29, 0.717) is 10.6 Å². The Bertz CT molecular complexity index is 641. The highest BCUT2D eigenvalue weighted by Gasteiger charge is 2.03. The van der Waals surface area contributed by atoms with Gasteiger partial charge in [0.05, 0.1) is 5.02 Å². The molecule has 2 aromatic carbocycles. The molecule has 0 bridgehead atoms. The summed E-state index contributed by atoms with van der Waals surface area (Å²) in [5, 5.41) is 3.16. The zero-order valence-corrected chi connectivity index (χ0v) is 12.3. The molecule has 3 nitrogen and oxygen atoms in total. The molecule has 0 unspecified atom stereocenters. The number of hydrogen-bond donors (Lipinski definition) is 1. The molecule has 0 aliphatic heterocycles. The predicted molar refractivity (Wildman–Crippen MR) is 81.7 cm³/mol. The van der Waals surface area contributed by atoms with Crippen molar-refractivity contribution in [3.8, 4) is 0 Å². The number of amides is 1. The first kappa shape index (κ1) is 14.6. The Morgan fingerprint density at radius 1 is 1.15 bits per heavy atom. The SMILES string of the molecule is CC(=O)Nc1ccc(Sc2ccc(C=O)c(Cl)c2)cc1. The molecule has 0 atom stereocenters. The lowest BCUT2D eigenvalue weighted by atomic mass is 10.2. The fourth-order valence-electron chi connectivity index (χ4n) is 1.61. The molecule has 0 radical (unpaired) electrons. The van der Waals surface area contributed by atoms with Crippen LogP contribution < -0.4 is 5.32 Å². The normalized spacial score (nSPS) is 10.1. The third-order valence-corrected chi connectivity index (χ3v) is 3.83. The summed E-state index contributed by atoms with van der Waals surface area (Å²) < 4.78 is 0. The van der Waals surface area contributed by atoms with Crippen molar-refractivity contribution in [1.82, 2.24) is 0 Å². The van der Waals surface area contributed by atoms with Crippen molar-refractivity contribution < 1.29 is 9.59 Å². The summed E-state index contributed by atoms with van der Waals surface area (Å²) in [6.07, 6.45) is 0.735. The van der Waals surface area contributed by atoms with Gasteiger partial charge in [0, 0.05) is 28.0 Å². The fourth-order valence-corrected chi connectivity index (χ4v) is 2.76. The summed E-state index contributed by atoms with van der Waals surface area (Å²) in [5.74, 6) is -0.0957. The van der Waals surface area contributed by atoms with E-state index in [1.165, 1.54) is 18.7 Å². The van der Waals surface area contributed by atoms with E-state index in [-0.39, 0.29) is 5.91 Å². The number of aldehydes is 1. The standard InChI is InChI=1S/C15H12ClNO2S/c1-10(19)17-12-3-6-13(7-4-12)20-14-5-2-11(9-18)15(16)8-14/h2-9H,1H3,(H,17,19). The zero-order chi connectivity index (χ0) is 14.5. The molecule has 5 heteroatoms. The molecule has 2 aromatic rings. The number of anilines is 1. The Balaban J connectivity index is 2.11. The van der Waals surface area contributed by atoms with Gasteiger partial charge in [-0.25, -0.2) is 0 Å². The van der Waals surface area contributed by atoms with E-state index in [9.17, 15) is 9.59 Å². The Hall–Kier alpha value is -1.78. The first-order valence-corrected chi connectivity index (χ1v) is 7.08. The number of halogens is 1. The third kappa shape index (κ3) is 3.85. The Morgan fingerprint density at radius 2 is 1.80 bits per heavy atom. The molecular formula is C15H12ClNO2S. The van der Waals surface area contributed by atoms with Crippen molar-refractivity contribution in [3.63, 3.8) is 0 Å². The van der Waals surface area contributed by atoms with E-state index in [2.05, 4.69) is 5.32 Å². The molecule has 2 rings (SSSR count). The lowest BCUT2D eigenvalue weighted by molar-refractivity contribution is -0.114. The van der Waals surface area contributed by atoms with Crippen LogP contribution in [0.5, 0.6) is 0 Å². The maximum atomic E-state index is 10.9. The molecule has 0 heterocycles. The molecular weight excluding hydrogens is 294 g/mol. The second-order valence-corrected chi connectivity index (χ2v) is 5.66. The van der Waals surface area contributed by atoms with Crippen LogP contribution in [0.3, 0.4) is 0 Å². The molecule has 0 fully saturated rings. The first-order valence-electron chi connectivity index (χ1n) is 5.89. The van der Waals surface area contributed by atoms with Crippen LogP contribution in [-0.2, 0) is 4.79 Å². The van der Waals surface area contributed by atoms with E-state index in [1.807, 2.05) is 30.3 Å². The number of rotatable bonds is 4. The van der Waals surface area contributed by atoms with E-state index < -0.39 is 0 Å². The van der Waals surface area contributed by atoms with Crippen molar-refractivity contribution in [2.75, 3.05) is 5.32 Å². The van der Waals surface area contributed by atoms with Crippen LogP contribution in [0.15, 0.2) is 52.3 Å². The molecule has 0 spiro atoms. The average Bonchev–Trinajstić information content (AvgIpc) is 2.41. The topological polar surface area (TPSA) is 46.2 Å². The summed E-state index contributed by atoms with van der Waals surface area (Å²) >= 11 is 7.52. The smallest absolute Gasteiger partial charge is 0.221 e. The minimum atomic E-state index is -0.0957. The third-order valence-electron chi connectivity index (χ3n) is 2.51. The van der Waals surface area contributed by atoms with Crippen LogP contribution in [0.2, 0.25) is 5.02 Å². The van der Waals surface area contributed by atoms with Gasteiger partial charge in [-0.3, -0.25) is 9.59 Å². The van der Waals surface area contributed by atoms with E-state index in [4.69, 9.17) is 11.6 Å². The summed E-state index contributed by atoms with van der Waals surface area (Å²) in [4.78, 5) is 23.6. The summed E-state index contributed by atoms with van der Waals surface area (Å²) in [5.41, 5.74) is 1.24. The number of carbonyl (C=O) groups excluding carboxylic acids is 2. The average molecular weight is 306 g/mol. The minimum absolute atomic E-state index is 0.0957. The second kappa shape index (κ2) is 6.59. The maximum absolute atomic E-state index is 10.9. The fraction of sp³-hybridized carbons (Fsp3) is 0.0667. The lowest BCUT2D eigenvalue weighted by Crippen LogP contribution is -2.05. The zero-order valence-electron chi connectivity index (χ0n) is 10.7. The van der Waals surface area contributed by atoms with E-state index in [0.717, 1.165) is 21.8 Å². The van der Waals surface area contributed by atoms with E-state index in [1.54, 1.807) is 12.1 Å². The summed E-state index contributed by atoms with van der Waals surface area (Å²) in [7, 11) is 0. The summed E-state index contributed by atoms with van der Waals surface area (Å²) in [6, 6.07) is 12.8. The van der Waals surface area contributed by atoms with Crippen LogP contribution in [0.1, 0.15) is 17.3 Å². The van der Waals surface area contributed by atoms with Crippen molar-refractivity contribution in [2.45, 2.75) is 16.7 Å². The van der Waals surface area contributed by atoms with Gasteiger partial charge in [-0.1, -0.05) is 23.4 Å². The van der Waals surface area contributed by atoms with Gasteiger partial charge in [0.2, 0.25) is 5.91 Å². The van der Waals surface area contributed by atoms with Crippen molar-refractivity contribution in [1.29, 1.82) is 0 Å². The van der Waals surface area contributed by atoms with Gasteiger partial charge in [0.25, 0.3) is 0 Å². The lowest BCUT2D eigenvalue weighted by Gasteiger charge is -2.05. The summed E-state index contributed by atoms with van der Waals surface area (Å²) in [6.45, 7) is 1.47. The van der Waals surface area contributed by atoms with Gasteiger partial charge < -0.3 is 5.32 Å². The van der Waals surface area contributed by atoms with Gasteiger partial charge in [-0.15, -0.1) is 0 Å². The van der Waals surface area contributed by atoms with Crippen LogP contribution in [0.4, 0.5) is 5.69 Å². The van der Waals surface area contributed by atoms with Gasteiger partial charge in [0.15, 0.2) is 6.29 Å². The molecule has 1 amide bonds.